The summed E-state index contributed by atoms with van der Waals surface area (Å²) in [5.74, 6) is -1.37. The highest BCUT2D eigenvalue weighted by Gasteiger charge is 1.81. The second-order valence-corrected chi connectivity index (χ2v) is 1.99. The van der Waals surface area contributed by atoms with Crippen molar-refractivity contribution in [2.45, 2.75) is 0 Å². The predicted molar refractivity (Wildman–Crippen MR) is 59.0 cm³/mol. The first kappa shape index (κ1) is 19.8. The average Bonchev–Trinajstić information content (AvgIpc) is 2.30. The minimum absolute atomic E-state index is 0.122. The smallest absolute Gasteiger partial charge is 0.329 e. The van der Waals surface area contributed by atoms with Crippen LogP contribution in [0.25, 0.3) is 0 Å². The Balaban J connectivity index is -0.000000160. The highest BCUT2D eigenvalue weighted by atomic mass is 16.5. The molecule has 0 aromatic rings. The van der Waals surface area contributed by atoms with Crippen LogP contribution in [0.1, 0.15) is 0 Å². The number of hydrogen-bond donors (Lipinski definition) is 2. The van der Waals surface area contributed by atoms with E-state index in [-0.39, 0.29) is 6.61 Å². The molecule has 0 radical (unpaired) electrons. The van der Waals surface area contributed by atoms with Gasteiger partial charge < -0.3 is 19.7 Å². The van der Waals surface area contributed by atoms with Gasteiger partial charge in [-0.1, -0.05) is 13.2 Å². The molecule has 0 atom stereocenters. The fourth-order valence-electron chi connectivity index (χ4n) is 0.175. The molecule has 0 aliphatic heterocycles. The standard InChI is InChI=1S/C4H6O2.C3H8O2.C3H4O2/c1-3-4(5)6-2;1-5-3-2-4;1-2-3(4)5/h3H,1H2,2H3;4H,2-3H2,1H3;2H,1H2,(H,4,5). The number of ether oxygens (including phenoxy) is 2. The highest BCUT2D eigenvalue weighted by Crippen LogP contribution is 1.67. The molecule has 0 aliphatic carbocycles. The maximum absolute atomic E-state index is 9.84. The van der Waals surface area contributed by atoms with Gasteiger partial charge in [-0.05, 0) is 0 Å². The highest BCUT2D eigenvalue weighted by molar-refractivity contribution is 5.80. The maximum Gasteiger partial charge on any atom is 0.329 e. The van der Waals surface area contributed by atoms with Crippen LogP contribution >= 0.6 is 0 Å². The molecule has 0 spiro atoms. The average molecular weight is 234 g/mol. The van der Waals surface area contributed by atoms with Crippen LogP contribution in [0.5, 0.6) is 0 Å². The molecule has 0 aromatic heterocycles. The zero-order valence-corrected chi connectivity index (χ0v) is 9.51. The number of aliphatic hydroxyl groups excluding tert-OH is 1. The maximum atomic E-state index is 9.84. The second kappa shape index (κ2) is 19.0. The number of carbonyl (C=O) groups excluding carboxylic acids is 1. The number of aliphatic hydroxyl groups is 1. The summed E-state index contributed by atoms with van der Waals surface area (Å²) in [4.78, 5) is 19.1. The van der Waals surface area contributed by atoms with Crippen LogP contribution in [0.4, 0.5) is 0 Å². The van der Waals surface area contributed by atoms with Gasteiger partial charge in [-0.25, -0.2) is 9.59 Å². The molecule has 6 nitrogen and oxygen atoms in total. The molecule has 16 heavy (non-hydrogen) atoms. The Morgan fingerprint density at radius 3 is 1.69 bits per heavy atom. The van der Waals surface area contributed by atoms with Crippen molar-refractivity contribution in [3.05, 3.63) is 25.3 Å². The largest absolute Gasteiger partial charge is 0.478 e. The van der Waals surface area contributed by atoms with Crippen LogP contribution in [-0.2, 0) is 19.1 Å². The normalized spacial score (nSPS) is 7.19. The third kappa shape index (κ3) is 39.5. The number of carbonyl (C=O) groups is 2. The fraction of sp³-hybridized carbons (Fsp3) is 0.400. The Bertz CT molecular complexity index is 197. The lowest BCUT2D eigenvalue weighted by molar-refractivity contribution is -0.135. The van der Waals surface area contributed by atoms with Crippen LogP contribution in [0.15, 0.2) is 25.3 Å². The van der Waals surface area contributed by atoms with E-state index < -0.39 is 11.9 Å². The lowest BCUT2D eigenvalue weighted by Gasteiger charge is -1.84. The van der Waals surface area contributed by atoms with Gasteiger partial charge in [-0.15, -0.1) is 0 Å². The number of rotatable bonds is 4. The van der Waals surface area contributed by atoms with Crippen molar-refractivity contribution >= 4 is 11.9 Å². The van der Waals surface area contributed by atoms with Crippen molar-refractivity contribution in [3.8, 4) is 0 Å². The molecule has 6 heteroatoms. The molecule has 0 amide bonds. The van der Waals surface area contributed by atoms with Crippen LogP contribution in [-0.4, -0.2) is 49.6 Å². The van der Waals surface area contributed by atoms with Crippen molar-refractivity contribution in [2.75, 3.05) is 27.4 Å². The van der Waals surface area contributed by atoms with Crippen LogP contribution in [0, 0.1) is 0 Å². The quantitative estimate of drug-likeness (QED) is 0.534. The Kier molecular flexibility index (Phi) is 23.6. The summed E-state index contributed by atoms with van der Waals surface area (Å²) in [6.07, 6.45) is 1.94. The van der Waals surface area contributed by atoms with E-state index in [1.165, 1.54) is 7.11 Å². The number of esters is 1. The Morgan fingerprint density at radius 1 is 1.25 bits per heavy atom. The first-order valence-corrected chi connectivity index (χ1v) is 4.15. The summed E-state index contributed by atoms with van der Waals surface area (Å²) >= 11 is 0. The van der Waals surface area contributed by atoms with E-state index >= 15 is 0 Å². The number of aliphatic carboxylic acids is 1. The molecule has 0 heterocycles. The summed E-state index contributed by atoms with van der Waals surface area (Å²) in [6, 6.07) is 0. The van der Waals surface area contributed by atoms with Gasteiger partial charge in [0, 0.05) is 19.3 Å². The summed E-state index contributed by atoms with van der Waals surface area (Å²) in [5.41, 5.74) is 0. The second-order valence-electron chi connectivity index (χ2n) is 1.99. The van der Waals surface area contributed by atoms with Gasteiger partial charge in [0.05, 0.1) is 20.3 Å². The van der Waals surface area contributed by atoms with E-state index in [1.54, 1.807) is 7.11 Å². The monoisotopic (exact) mass is 234 g/mol. The lowest BCUT2D eigenvalue weighted by atomic mass is 10.7. The van der Waals surface area contributed by atoms with E-state index in [4.69, 9.17) is 10.2 Å². The van der Waals surface area contributed by atoms with Gasteiger partial charge in [0.1, 0.15) is 0 Å². The van der Waals surface area contributed by atoms with Gasteiger partial charge in [0.2, 0.25) is 0 Å². The molecule has 0 fully saturated rings. The zero-order chi connectivity index (χ0) is 13.4. The molecule has 0 bridgehead atoms. The number of carboxylic acids is 1. The number of methoxy groups -OCH3 is 2. The van der Waals surface area contributed by atoms with Crippen molar-refractivity contribution in [1.29, 1.82) is 0 Å². The number of carboxylic acid groups (broad SMARTS) is 1. The molecule has 0 unspecified atom stereocenters. The van der Waals surface area contributed by atoms with Crippen molar-refractivity contribution in [1.82, 2.24) is 0 Å². The van der Waals surface area contributed by atoms with Crippen LogP contribution < -0.4 is 0 Å². The number of hydrogen-bond acceptors (Lipinski definition) is 5. The van der Waals surface area contributed by atoms with E-state index in [2.05, 4.69) is 22.6 Å². The summed E-state index contributed by atoms with van der Waals surface area (Å²) < 4.78 is 8.58. The van der Waals surface area contributed by atoms with Gasteiger partial charge in [-0.2, -0.15) is 0 Å². The van der Waals surface area contributed by atoms with Gasteiger partial charge >= 0.3 is 11.9 Å². The summed E-state index contributed by atoms with van der Waals surface area (Å²) in [5, 5.41) is 15.5. The predicted octanol–water partition coefficient (Wildman–Crippen LogP) is 0.228. The first-order chi connectivity index (χ1) is 7.49. The van der Waals surface area contributed by atoms with Gasteiger partial charge in [-0.3, -0.25) is 0 Å². The van der Waals surface area contributed by atoms with E-state index in [0.29, 0.717) is 6.61 Å². The molecule has 0 aromatic carbocycles. The molecule has 0 rings (SSSR count). The Hall–Kier alpha value is -1.66. The molecule has 2 N–H and O–H groups in total. The minimum Gasteiger partial charge on any atom is -0.478 e. The SMILES string of the molecule is C=CC(=O)O.C=CC(=O)OC.COCCO. The molecule has 0 aliphatic rings. The van der Waals surface area contributed by atoms with Crippen molar-refractivity contribution < 1.29 is 29.3 Å². The van der Waals surface area contributed by atoms with E-state index in [9.17, 15) is 9.59 Å². The Morgan fingerprint density at radius 2 is 1.69 bits per heavy atom. The van der Waals surface area contributed by atoms with E-state index in [1.807, 2.05) is 0 Å². The van der Waals surface area contributed by atoms with Crippen molar-refractivity contribution in [2.24, 2.45) is 0 Å². The summed E-state index contributed by atoms with van der Waals surface area (Å²) in [6.45, 7) is 6.68. The van der Waals surface area contributed by atoms with Crippen LogP contribution in [0.3, 0.4) is 0 Å². The third-order valence-corrected chi connectivity index (χ3v) is 0.838. The van der Waals surface area contributed by atoms with Crippen molar-refractivity contribution in [3.63, 3.8) is 0 Å². The zero-order valence-electron chi connectivity index (χ0n) is 9.51. The summed E-state index contributed by atoms with van der Waals surface area (Å²) in [7, 11) is 2.86. The van der Waals surface area contributed by atoms with Gasteiger partial charge in [0.15, 0.2) is 0 Å². The Labute approximate surface area is 94.8 Å². The third-order valence-electron chi connectivity index (χ3n) is 0.838. The molecule has 94 valence electrons. The molecular formula is C10H18O6. The van der Waals surface area contributed by atoms with Gasteiger partial charge in [0.25, 0.3) is 0 Å². The lowest BCUT2D eigenvalue weighted by Crippen LogP contribution is -1.91. The minimum atomic E-state index is -0.981. The van der Waals surface area contributed by atoms with Crippen LogP contribution in [0.2, 0.25) is 0 Å². The molecule has 0 saturated carbocycles. The van der Waals surface area contributed by atoms with E-state index in [0.717, 1.165) is 12.2 Å². The molecule has 0 saturated heterocycles. The first-order valence-electron chi connectivity index (χ1n) is 4.15. The topological polar surface area (TPSA) is 93.1 Å². The molecular weight excluding hydrogens is 216 g/mol. The fourth-order valence-corrected chi connectivity index (χ4v) is 0.175.